The van der Waals surface area contributed by atoms with Gasteiger partial charge in [0.25, 0.3) is 0 Å². The van der Waals surface area contributed by atoms with Crippen LogP contribution in [0.25, 0.3) is 0 Å². The van der Waals surface area contributed by atoms with E-state index in [2.05, 4.69) is 4.72 Å². The summed E-state index contributed by atoms with van der Waals surface area (Å²) in [5.74, 6) is 0. The Hall–Kier alpha value is -0.620. The molecule has 6 heteroatoms. The van der Waals surface area contributed by atoms with E-state index in [0.29, 0.717) is 18.1 Å². The molecule has 0 heterocycles. The first kappa shape index (κ1) is 14.4. The monoisotopic (exact) mass is 277 g/mol. The zero-order chi connectivity index (χ0) is 12.9. The van der Waals surface area contributed by atoms with Crippen molar-refractivity contribution in [2.45, 2.75) is 26.2 Å². The van der Waals surface area contributed by atoms with Crippen LogP contribution in [0.4, 0.5) is 0 Å². The molecule has 0 saturated carbocycles. The lowest BCUT2D eigenvalue weighted by atomic mass is 10.2. The summed E-state index contributed by atoms with van der Waals surface area (Å²) in [4.78, 5) is 0. The van der Waals surface area contributed by atoms with E-state index >= 15 is 0 Å². The maximum atomic E-state index is 11.0. The van der Waals surface area contributed by atoms with E-state index in [9.17, 15) is 8.42 Å². The number of rotatable bonds is 6. The van der Waals surface area contributed by atoms with Gasteiger partial charge in [-0.2, -0.15) is 4.72 Å². The van der Waals surface area contributed by atoms with Crippen LogP contribution >= 0.6 is 11.6 Å². The van der Waals surface area contributed by atoms with E-state index < -0.39 is 16.3 Å². The molecule has 1 aromatic carbocycles. The van der Waals surface area contributed by atoms with Crippen LogP contribution in [0.2, 0.25) is 5.02 Å². The van der Waals surface area contributed by atoms with Crippen LogP contribution in [0.15, 0.2) is 24.3 Å². The first-order valence-electron chi connectivity index (χ1n) is 5.24. The summed E-state index contributed by atoms with van der Waals surface area (Å²) in [7, 11) is -3.24. The van der Waals surface area contributed by atoms with Crippen LogP contribution in [0.3, 0.4) is 0 Å². The van der Waals surface area contributed by atoms with Gasteiger partial charge in [-0.1, -0.05) is 30.7 Å². The van der Waals surface area contributed by atoms with Gasteiger partial charge in [-0.05, 0) is 24.1 Å². The Morgan fingerprint density at radius 3 is 2.41 bits per heavy atom. The fraction of sp³-hybridized carbons (Fsp3) is 0.455. The molecule has 1 rings (SSSR count). The third-order valence-corrected chi connectivity index (χ3v) is 3.02. The predicted octanol–water partition coefficient (Wildman–Crippen LogP) is 2.14. The highest BCUT2D eigenvalue weighted by molar-refractivity contribution is 7.88. The van der Waals surface area contributed by atoms with Gasteiger partial charge in [0.2, 0.25) is 10.0 Å². The Bertz CT molecular complexity index is 444. The molecule has 0 aliphatic heterocycles. The molecule has 1 unspecified atom stereocenters. The summed E-state index contributed by atoms with van der Waals surface area (Å²) in [5.41, 5.74) is 0.947. The minimum atomic E-state index is -3.24. The number of hydrogen-bond acceptors (Lipinski definition) is 3. The molecule has 0 amide bonds. The average Bonchev–Trinajstić information content (AvgIpc) is 2.25. The number of ether oxygens (including phenoxy) is 1. The minimum Gasteiger partial charge on any atom is -0.358 e. The quantitative estimate of drug-likeness (QED) is 0.811. The maximum absolute atomic E-state index is 11.0. The number of hydrogen-bond donors (Lipinski definition) is 1. The van der Waals surface area contributed by atoms with Crippen molar-refractivity contribution in [1.82, 2.24) is 4.72 Å². The van der Waals surface area contributed by atoms with E-state index in [1.807, 2.05) is 19.1 Å². The van der Waals surface area contributed by atoms with Gasteiger partial charge in [-0.25, -0.2) is 8.42 Å². The smallest absolute Gasteiger partial charge is 0.210 e. The van der Waals surface area contributed by atoms with E-state index in [0.717, 1.165) is 11.8 Å². The van der Waals surface area contributed by atoms with Crippen LogP contribution in [-0.2, 0) is 21.4 Å². The van der Waals surface area contributed by atoms with Gasteiger partial charge < -0.3 is 4.74 Å². The van der Waals surface area contributed by atoms with Gasteiger partial charge in [0, 0.05) is 5.02 Å². The van der Waals surface area contributed by atoms with E-state index in [4.69, 9.17) is 16.3 Å². The largest absolute Gasteiger partial charge is 0.358 e. The van der Waals surface area contributed by atoms with Crippen LogP contribution < -0.4 is 4.72 Å². The summed E-state index contributed by atoms with van der Waals surface area (Å²) in [6, 6.07) is 7.22. The van der Waals surface area contributed by atoms with Crippen molar-refractivity contribution < 1.29 is 13.2 Å². The summed E-state index contributed by atoms with van der Waals surface area (Å²) in [6.45, 7) is 2.20. The maximum Gasteiger partial charge on any atom is 0.210 e. The Labute approximate surface area is 107 Å². The number of halogens is 1. The van der Waals surface area contributed by atoms with Crippen LogP contribution in [-0.4, -0.2) is 20.9 Å². The molecular weight excluding hydrogens is 262 g/mol. The molecular formula is C11H16ClNO3S. The molecule has 0 spiro atoms. The Balaban J connectivity index is 2.50. The van der Waals surface area contributed by atoms with E-state index in [-0.39, 0.29) is 0 Å². The number of nitrogens with one attached hydrogen (secondary N) is 1. The SMILES string of the molecule is CCC(NS(C)(=O)=O)OCc1ccc(Cl)cc1. The highest BCUT2D eigenvalue weighted by Gasteiger charge is 2.11. The Morgan fingerprint density at radius 1 is 1.35 bits per heavy atom. The molecule has 1 N–H and O–H groups in total. The van der Waals surface area contributed by atoms with Crippen LogP contribution in [0.5, 0.6) is 0 Å². The van der Waals surface area contributed by atoms with Crippen molar-refractivity contribution in [2.24, 2.45) is 0 Å². The minimum absolute atomic E-state index is 0.345. The van der Waals surface area contributed by atoms with Gasteiger partial charge in [0.1, 0.15) is 6.23 Å². The van der Waals surface area contributed by atoms with Crippen molar-refractivity contribution in [3.63, 3.8) is 0 Å². The fourth-order valence-corrected chi connectivity index (χ4v) is 2.09. The van der Waals surface area contributed by atoms with Gasteiger partial charge in [0.05, 0.1) is 12.9 Å². The second-order valence-corrected chi connectivity index (χ2v) is 5.94. The zero-order valence-corrected chi connectivity index (χ0v) is 11.4. The Kier molecular flexibility index (Phi) is 5.39. The topological polar surface area (TPSA) is 55.4 Å². The molecule has 0 saturated heterocycles. The Morgan fingerprint density at radius 2 is 1.94 bits per heavy atom. The third-order valence-electron chi connectivity index (χ3n) is 2.08. The normalized spacial score (nSPS) is 13.6. The number of sulfonamides is 1. The van der Waals surface area contributed by atoms with Gasteiger partial charge >= 0.3 is 0 Å². The molecule has 1 atom stereocenters. The molecule has 0 aromatic heterocycles. The lowest BCUT2D eigenvalue weighted by Crippen LogP contribution is -2.35. The molecule has 4 nitrogen and oxygen atoms in total. The van der Waals surface area contributed by atoms with E-state index in [1.54, 1.807) is 12.1 Å². The highest BCUT2D eigenvalue weighted by atomic mass is 35.5. The molecule has 0 bridgehead atoms. The summed E-state index contributed by atoms with van der Waals surface area (Å²) < 4.78 is 30.0. The van der Waals surface area contributed by atoms with Crippen LogP contribution in [0, 0.1) is 0 Å². The third kappa shape index (κ3) is 6.02. The van der Waals surface area contributed by atoms with Crippen LogP contribution in [0.1, 0.15) is 18.9 Å². The van der Waals surface area contributed by atoms with Gasteiger partial charge in [0.15, 0.2) is 0 Å². The summed E-state index contributed by atoms with van der Waals surface area (Å²) in [6.07, 6.45) is 1.18. The van der Waals surface area contributed by atoms with Gasteiger partial charge in [-0.15, -0.1) is 0 Å². The molecule has 1 aromatic rings. The molecule has 0 radical (unpaired) electrons. The molecule has 17 heavy (non-hydrogen) atoms. The molecule has 0 aliphatic rings. The molecule has 0 aliphatic carbocycles. The van der Waals surface area contributed by atoms with Crippen molar-refractivity contribution in [2.75, 3.05) is 6.26 Å². The molecule has 96 valence electrons. The average molecular weight is 278 g/mol. The van der Waals surface area contributed by atoms with Crippen molar-refractivity contribution in [3.05, 3.63) is 34.9 Å². The van der Waals surface area contributed by atoms with Crippen molar-refractivity contribution in [1.29, 1.82) is 0 Å². The predicted molar refractivity (Wildman–Crippen MR) is 68.3 cm³/mol. The van der Waals surface area contributed by atoms with Crippen molar-refractivity contribution in [3.8, 4) is 0 Å². The van der Waals surface area contributed by atoms with Crippen molar-refractivity contribution >= 4 is 21.6 Å². The summed E-state index contributed by atoms with van der Waals surface area (Å²) >= 11 is 5.76. The highest BCUT2D eigenvalue weighted by Crippen LogP contribution is 2.11. The second kappa shape index (κ2) is 6.35. The second-order valence-electron chi connectivity index (χ2n) is 3.72. The number of benzene rings is 1. The zero-order valence-electron chi connectivity index (χ0n) is 9.81. The fourth-order valence-electron chi connectivity index (χ4n) is 1.25. The first-order valence-corrected chi connectivity index (χ1v) is 7.51. The van der Waals surface area contributed by atoms with Gasteiger partial charge in [-0.3, -0.25) is 0 Å². The standard InChI is InChI=1S/C11H16ClNO3S/c1-3-11(13-17(2,14)15)16-8-9-4-6-10(12)7-5-9/h4-7,11,13H,3,8H2,1-2H3. The summed E-state index contributed by atoms with van der Waals surface area (Å²) in [5, 5.41) is 0.662. The van der Waals surface area contributed by atoms with E-state index in [1.165, 1.54) is 0 Å². The lowest BCUT2D eigenvalue weighted by molar-refractivity contribution is 0.0311. The lowest BCUT2D eigenvalue weighted by Gasteiger charge is -2.16. The molecule has 0 fully saturated rings. The first-order chi connectivity index (χ1) is 7.90.